The Labute approximate surface area is 184 Å². The van der Waals surface area contributed by atoms with Crippen LogP contribution in [0.5, 0.6) is 5.75 Å². The van der Waals surface area contributed by atoms with Crippen LogP contribution in [0.1, 0.15) is 41.3 Å². The fraction of sp³-hybridized carbons (Fsp3) is 0.292. The van der Waals surface area contributed by atoms with Gasteiger partial charge in [0.1, 0.15) is 11.3 Å². The first-order valence-electron chi connectivity index (χ1n) is 10.0. The van der Waals surface area contributed by atoms with Gasteiger partial charge in [-0.15, -0.1) is 0 Å². The van der Waals surface area contributed by atoms with E-state index in [0.29, 0.717) is 34.9 Å². The van der Waals surface area contributed by atoms with E-state index in [1.807, 2.05) is 19.9 Å². The predicted molar refractivity (Wildman–Crippen MR) is 118 cm³/mol. The summed E-state index contributed by atoms with van der Waals surface area (Å²) in [7, 11) is 0. The van der Waals surface area contributed by atoms with Gasteiger partial charge in [-0.2, -0.15) is 0 Å². The van der Waals surface area contributed by atoms with Crippen molar-refractivity contribution in [1.82, 2.24) is 0 Å². The number of carbonyl (C=O) groups is 2. The molecule has 31 heavy (non-hydrogen) atoms. The Balaban J connectivity index is 1.85. The van der Waals surface area contributed by atoms with Crippen LogP contribution in [-0.4, -0.2) is 25.0 Å². The van der Waals surface area contributed by atoms with Crippen molar-refractivity contribution in [3.05, 3.63) is 74.6 Å². The molecule has 0 aliphatic rings. The molecule has 0 amide bonds. The molecule has 1 heterocycles. The number of fused-ring (bicyclic) bond motifs is 1. The Hall–Kier alpha value is -3.12. The van der Waals surface area contributed by atoms with Crippen molar-refractivity contribution in [2.24, 2.45) is 0 Å². The zero-order valence-electron chi connectivity index (χ0n) is 17.4. The average molecular weight is 443 g/mol. The van der Waals surface area contributed by atoms with E-state index in [-0.39, 0.29) is 24.8 Å². The number of esters is 1. The Morgan fingerprint density at radius 2 is 1.84 bits per heavy atom. The van der Waals surface area contributed by atoms with E-state index in [0.717, 1.165) is 22.9 Å². The number of halogens is 1. The first-order valence-corrected chi connectivity index (χ1v) is 10.4. The number of carbonyl (C=O) groups excluding carboxylic acids is 2. The zero-order chi connectivity index (χ0) is 22.4. The molecule has 0 aliphatic heterocycles. The molecule has 0 atom stereocenters. The summed E-state index contributed by atoms with van der Waals surface area (Å²) in [4.78, 5) is 36.2. The van der Waals surface area contributed by atoms with Crippen LogP contribution in [0, 0.1) is 6.92 Å². The van der Waals surface area contributed by atoms with E-state index in [1.54, 1.807) is 30.3 Å². The van der Waals surface area contributed by atoms with E-state index in [4.69, 9.17) is 25.5 Å². The molecule has 1 aromatic heterocycles. The number of hydrogen-bond donors (Lipinski definition) is 0. The molecule has 0 saturated carbocycles. The van der Waals surface area contributed by atoms with Crippen LogP contribution in [0.2, 0.25) is 5.02 Å². The maximum absolute atomic E-state index is 12.5. The van der Waals surface area contributed by atoms with Crippen molar-refractivity contribution in [1.29, 1.82) is 0 Å². The van der Waals surface area contributed by atoms with Gasteiger partial charge in [0.15, 0.2) is 12.4 Å². The lowest BCUT2D eigenvalue weighted by atomic mass is 10.0. The van der Waals surface area contributed by atoms with Gasteiger partial charge in [0.25, 0.3) is 0 Å². The standard InChI is InChI=1S/C24H23ClO6/c1-3-10-29-23(27)9-6-17-12-19-15(2)11-24(28)31-22(19)13-21(17)30-14-20(26)16-4-7-18(25)8-5-16/h4-5,7-8,11-13H,3,6,9-10,14H2,1-2H3. The number of Topliss-reactive ketones (excluding diaryl/α,β-unsaturated/α-hetero) is 1. The molecule has 162 valence electrons. The molecule has 0 bridgehead atoms. The summed E-state index contributed by atoms with van der Waals surface area (Å²) in [5.41, 5.74) is 1.84. The van der Waals surface area contributed by atoms with Crippen molar-refractivity contribution in [3.63, 3.8) is 0 Å². The summed E-state index contributed by atoms with van der Waals surface area (Å²) in [6.45, 7) is 3.90. The zero-order valence-corrected chi connectivity index (χ0v) is 18.2. The van der Waals surface area contributed by atoms with Gasteiger partial charge in [0, 0.05) is 34.5 Å². The predicted octanol–water partition coefficient (Wildman–Crippen LogP) is 4.90. The number of rotatable bonds is 9. The molecule has 6 nitrogen and oxygen atoms in total. The van der Waals surface area contributed by atoms with Gasteiger partial charge >= 0.3 is 11.6 Å². The first-order chi connectivity index (χ1) is 14.9. The maximum Gasteiger partial charge on any atom is 0.336 e. The molecule has 0 N–H and O–H groups in total. The molecular formula is C24H23ClO6. The van der Waals surface area contributed by atoms with Crippen LogP contribution < -0.4 is 10.4 Å². The summed E-state index contributed by atoms with van der Waals surface area (Å²) in [5.74, 6) is -0.149. The van der Waals surface area contributed by atoms with Crippen molar-refractivity contribution >= 4 is 34.3 Å². The lowest BCUT2D eigenvalue weighted by Crippen LogP contribution is -2.13. The highest BCUT2D eigenvalue weighted by atomic mass is 35.5. The number of ketones is 1. The SMILES string of the molecule is CCCOC(=O)CCc1cc2c(C)cc(=O)oc2cc1OCC(=O)c1ccc(Cl)cc1. The van der Waals surface area contributed by atoms with E-state index in [2.05, 4.69) is 0 Å². The number of hydrogen-bond acceptors (Lipinski definition) is 6. The molecule has 0 fully saturated rings. The highest BCUT2D eigenvalue weighted by Gasteiger charge is 2.15. The van der Waals surface area contributed by atoms with Crippen LogP contribution in [0.3, 0.4) is 0 Å². The monoisotopic (exact) mass is 442 g/mol. The summed E-state index contributed by atoms with van der Waals surface area (Å²) >= 11 is 5.87. The van der Waals surface area contributed by atoms with E-state index >= 15 is 0 Å². The maximum atomic E-state index is 12.5. The topological polar surface area (TPSA) is 82.8 Å². The quantitative estimate of drug-likeness (QED) is 0.266. The van der Waals surface area contributed by atoms with Crippen LogP contribution in [0.4, 0.5) is 0 Å². The Bertz CT molecular complexity index is 1150. The molecule has 0 unspecified atom stereocenters. The van der Waals surface area contributed by atoms with Crippen LogP contribution in [0.15, 0.2) is 51.7 Å². The average Bonchev–Trinajstić information content (AvgIpc) is 2.74. The second-order valence-corrected chi connectivity index (χ2v) is 7.58. The van der Waals surface area contributed by atoms with E-state index in [9.17, 15) is 14.4 Å². The summed E-state index contributed by atoms with van der Waals surface area (Å²) in [6.07, 6.45) is 1.28. The molecule has 7 heteroatoms. The van der Waals surface area contributed by atoms with Gasteiger partial charge in [-0.1, -0.05) is 18.5 Å². The third-order valence-corrected chi connectivity index (χ3v) is 4.98. The summed E-state index contributed by atoms with van der Waals surface area (Å²) < 4.78 is 16.2. The molecule has 0 spiro atoms. The van der Waals surface area contributed by atoms with Gasteiger partial charge in [0.2, 0.25) is 0 Å². The van der Waals surface area contributed by atoms with Crippen molar-refractivity contribution in [2.45, 2.75) is 33.1 Å². The molecule has 0 saturated heterocycles. The fourth-order valence-corrected chi connectivity index (χ4v) is 3.23. The fourth-order valence-electron chi connectivity index (χ4n) is 3.11. The molecular weight excluding hydrogens is 420 g/mol. The van der Waals surface area contributed by atoms with Gasteiger partial charge in [-0.05, 0) is 61.2 Å². The highest BCUT2D eigenvalue weighted by Crippen LogP contribution is 2.29. The second kappa shape index (κ2) is 10.3. The van der Waals surface area contributed by atoms with Crippen molar-refractivity contribution < 1.29 is 23.5 Å². The van der Waals surface area contributed by atoms with E-state index in [1.165, 1.54) is 6.07 Å². The lowest BCUT2D eigenvalue weighted by Gasteiger charge is -2.13. The lowest BCUT2D eigenvalue weighted by molar-refractivity contribution is -0.143. The molecule has 2 aromatic carbocycles. The number of aryl methyl sites for hydroxylation is 2. The summed E-state index contributed by atoms with van der Waals surface area (Å²) in [5, 5.41) is 1.28. The van der Waals surface area contributed by atoms with Gasteiger partial charge in [-0.3, -0.25) is 9.59 Å². The Kier molecular flexibility index (Phi) is 7.47. The Morgan fingerprint density at radius 3 is 2.55 bits per heavy atom. The van der Waals surface area contributed by atoms with Gasteiger partial charge < -0.3 is 13.9 Å². The minimum absolute atomic E-state index is 0.169. The first kappa shape index (κ1) is 22.6. The second-order valence-electron chi connectivity index (χ2n) is 7.14. The largest absolute Gasteiger partial charge is 0.485 e. The number of benzene rings is 2. The normalized spacial score (nSPS) is 10.8. The molecule has 0 radical (unpaired) electrons. The third-order valence-electron chi connectivity index (χ3n) is 4.72. The van der Waals surface area contributed by atoms with E-state index < -0.39 is 5.63 Å². The van der Waals surface area contributed by atoms with Gasteiger partial charge in [0.05, 0.1) is 6.61 Å². The van der Waals surface area contributed by atoms with Crippen LogP contribution in [-0.2, 0) is 16.0 Å². The Morgan fingerprint density at radius 1 is 1.10 bits per heavy atom. The van der Waals surface area contributed by atoms with Gasteiger partial charge in [-0.25, -0.2) is 4.79 Å². The minimum atomic E-state index is -0.468. The van der Waals surface area contributed by atoms with Crippen LogP contribution >= 0.6 is 11.6 Å². The third kappa shape index (κ3) is 5.95. The van der Waals surface area contributed by atoms with Crippen molar-refractivity contribution in [3.8, 4) is 5.75 Å². The van der Waals surface area contributed by atoms with Crippen molar-refractivity contribution in [2.75, 3.05) is 13.2 Å². The van der Waals surface area contributed by atoms with Crippen LogP contribution in [0.25, 0.3) is 11.0 Å². The molecule has 3 aromatic rings. The summed E-state index contributed by atoms with van der Waals surface area (Å²) in [6, 6.07) is 11.3. The molecule has 0 aliphatic carbocycles. The highest BCUT2D eigenvalue weighted by molar-refractivity contribution is 6.30. The minimum Gasteiger partial charge on any atom is -0.485 e. The molecule has 3 rings (SSSR count). The smallest absolute Gasteiger partial charge is 0.336 e. The number of ether oxygens (including phenoxy) is 2.